The van der Waals surface area contributed by atoms with Crippen molar-refractivity contribution in [3.8, 4) is 0 Å². The molecule has 0 atom stereocenters. The van der Waals surface area contributed by atoms with Gasteiger partial charge in [0.25, 0.3) is 0 Å². The molecule has 0 aliphatic rings. The van der Waals surface area contributed by atoms with Gasteiger partial charge in [0.15, 0.2) is 0 Å². The highest BCUT2D eigenvalue weighted by Crippen LogP contribution is 2.41. The summed E-state index contributed by atoms with van der Waals surface area (Å²) in [4.78, 5) is 4.71. The Morgan fingerprint density at radius 1 is 0.316 bits per heavy atom. The van der Waals surface area contributed by atoms with E-state index in [1.807, 2.05) is 0 Å². The minimum atomic E-state index is 1.13. The molecule has 0 amide bonds. The van der Waals surface area contributed by atoms with Gasteiger partial charge in [-0.05, 0) is 113 Å². The van der Waals surface area contributed by atoms with Gasteiger partial charge in [-0.3, -0.25) is 0 Å². The van der Waals surface area contributed by atoms with E-state index in [4.69, 9.17) is 0 Å². The molecule has 2 heteroatoms. The van der Waals surface area contributed by atoms with E-state index in [0.717, 1.165) is 22.7 Å². The van der Waals surface area contributed by atoms with Crippen LogP contribution in [0.5, 0.6) is 0 Å². The molecule has 5 aromatic rings. The third kappa shape index (κ3) is 5.21. The molecule has 0 bridgehead atoms. The van der Waals surface area contributed by atoms with Crippen molar-refractivity contribution in [1.82, 2.24) is 0 Å². The summed E-state index contributed by atoms with van der Waals surface area (Å²) in [5.41, 5.74) is 14.5. The standard InChI is InChI=1S/C36H36N2/c1-25-7-13-31(14-8-25)37(35-21-11-27(3)23-29(35)5)33-17-19-34(20-18-33)38(32-15-9-26(2)10-16-32)36-22-12-28(4)24-30(36)6/h7-24H,1-6H3. The third-order valence-electron chi connectivity index (χ3n) is 7.14. The second-order valence-corrected chi connectivity index (χ2v) is 10.4. The molecular weight excluding hydrogens is 460 g/mol. The lowest BCUT2D eigenvalue weighted by molar-refractivity contribution is 1.21. The fourth-order valence-corrected chi connectivity index (χ4v) is 5.11. The van der Waals surface area contributed by atoms with Gasteiger partial charge in [0, 0.05) is 34.1 Å². The first-order valence-electron chi connectivity index (χ1n) is 13.3. The highest BCUT2D eigenvalue weighted by atomic mass is 15.2. The topological polar surface area (TPSA) is 6.48 Å². The quantitative estimate of drug-likeness (QED) is 0.231. The molecule has 0 radical (unpaired) electrons. The summed E-state index contributed by atoms with van der Waals surface area (Å²) in [5, 5.41) is 0. The van der Waals surface area contributed by atoms with Crippen LogP contribution in [0.25, 0.3) is 0 Å². The Morgan fingerprint density at radius 3 is 0.868 bits per heavy atom. The zero-order valence-electron chi connectivity index (χ0n) is 23.3. The van der Waals surface area contributed by atoms with Crippen LogP contribution >= 0.6 is 0 Å². The summed E-state index contributed by atoms with van der Waals surface area (Å²) in [7, 11) is 0. The SMILES string of the molecule is Cc1ccc(N(c2ccc(N(c3ccc(C)cc3)c3ccc(C)cc3C)cc2)c2ccc(C)cc2C)cc1. The molecule has 0 N–H and O–H groups in total. The van der Waals surface area contributed by atoms with Crippen LogP contribution in [-0.4, -0.2) is 0 Å². The summed E-state index contributed by atoms with van der Waals surface area (Å²) >= 11 is 0. The van der Waals surface area contributed by atoms with E-state index in [9.17, 15) is 0 Å². The van der Waals surface area contributed by atoms with Crippen LogP contribution in [0, 0.1) is 41.5 Å². The minimum absolute atomic E-state index is 1.13. The van der Waals surface area contributed by atoms with E-state index in [0.29, 0.717) is 0 Å². The van der Waals surface area contributed by atoms with Gasteiger partial charge in [-0.25, -0.2) is 0 Å². The summed E-state index contributed by atoms with van der Waals surface area (Å²) in [5.74, 6) is 0. The zero-order valence-corrected chi connectivity index (χ0v) is 23.3. The first kappa shape index (κ1) is 25.4. The fourth-order valence-electron chi connectivity index (χ4n) is 5.11. The largest absolute Gasteiger partial charge is 0.310 e. The monoisotopic (exact) mass is 496 g/mol. The predicted octanol–water partition coefficient (Wildman–Crippen LogP) is 10.5. The van der Waals surface area contributed by atoms with Crippen molar-refractivity contribution in [3.05, 3.63) is 143 Å². The van der Waals surface area contributed by atoms with E-state index in [2.05, 4.69) is 161 Å². The molecule has 0 aliphatic heterocycles. The average Bonchev–Trinajstić information content (AvgIpc) is 2.90. The molecule has 5 rings (SSSR count). The lowest BCUT2D eigenvalue weighted by Crippen LogP contribution is -2.13. The number of hydrogen-bond acceptors (Lipinski definition) is 2. The van der Waals surface area contributed by atoms with Gasteiger partial charge in [-0.15, -0.1) is 0 Å². The van der Waals surface area contributed by atoms with Gasteiger partial charge >= 0.3 is 0 Å². The first-order chi connectivity index (χ1) is 18.3. The van der Waals surface area contributed by atoms with Crippen LogP contribution < -0.4 is 9.80 Å². The normalized spacial score (nSPS) is 10.9. The van der Waals surface area contributed by atoms with E-state index in [1.54, 1.807) is 0 Å². The molecule has 0 aromatic heterocycles. The van der Waals surface area contributed by atoms with Crippen molar-refractivity contribution in [1.29, 1.82) is 0 Å². The Hall–Kier alpha value is -4.30. The number of nitrogens with zero attached hydrogens (tertiary/aromatic N) is 2. The molecule has 190 valence electrons. The van der Waals surface area contributed by atoms with Gasteiger partial charge in [0.2, 0.25) is 0 Å². The fraction of sp³-hybridized carbons (Fsp3) is 0.167. The Bertz CT molecular complexity index is 1430. The van der Waals surface area contributed by atoms with E-state index in [-0.39, 0.29) is 0 Å². The smallest absolute Gasteiger partial charge is 0.0490 e. The van der Waals surface area contributed by atoms with Crippen LogP contribution in [0.3, 0.4) is 0 Å². The van der Waals surface area contributed by atoms with Crippen LogP contribution in [0.4, 0.5) is 34.1 Å². The van der Waals surface area contributed by atoms with Gasteiger partial charge in [0.05, 0.1) is 0 Å². The molecule has 2 nitrogen and oxygen atoms in total. The zero-order chi connectivity index (χ0) is 26.8. The van der Waals surface area contributed by atoms with Gasteiger partial charge < -0.3 is 9.80 Å². The highest BCUT2D eigenvalue weighted by Gasteiger charge is 2.18. The van der Waals surface area contributed by atoms with Crippen LogP contribution in [0.2, 0.25) is 0 Å². The maximum atomic E-state index is 2.35. The van der Waals surface area contributed by atoms with Crippen molar-refractivity contribution < 1.29 is 0 Å². The number of rotatable bonds is 6. The summed E-state index contributed by atoms with van der Waals surface area (Å²) in [6.07, 6.45) is 0. The molecule has 0 spiro atoms. The number of aryl methyl sites for hydroxylation is 6. The van der Waals surface area contributed by atoms with Crippen molar-refractivity contribution in [2.45, 2.75) is 41.5 Å². The Balaban J connectivity index is 1.62. The molecule has 0 heterocycles. The molecular formula is C36H36N2. The van der Waals surface area contributed by atoms with E-state index < -0.39 is 0 Å². The number of hydrogen-bond donors (Lipinski definition) is 0. The summed E-state index contributed by atoms with van der Waals surface area (Å²) in [6.45, 7) is 12.9. The van der Waals surface area contributed by atoms with Gasteiger partial charge in [-0.1, -0.05) is 70.8 Å². The second kappa shape index (κ2) is 10.6. The predicted molar refractivity (Wildman–Crippen MR) is 164 cm³/mol. The Kier molecular flexibility index (Phi) is 7.07. The lowest BCUT2D eigenvalue weighted by Gasteiger charge is -2.30. The molecule has 0 saturated carbocycles. The minimum Gasteiger partial charge on any atom is -0.310 e. The second-order valence-electron chi connectivity index (χ2n) is 10.4. The maximum absolute atomic E-state index is 2.35. The van der Waals surface area contributed by atoms with Crippen LogP contribution in [0.1, 0.15) is 33.4 Å². The third-order valence-corrected chi connectivity index (χ3v) is 7.14. The van der Waals surface area contributed by atoms with Crippen LogP contribution in [0.15, 0.2) is 109 Å². The molecule has 0 aliphatic carbocycles. The number of anilines is 6. The Morgan fingerprint density at radius 2 is 0.579 bits per heavy atom. The first-order valence-corrected chi connectivity index (χ1v) is 13.3. The average molecular weight is 497 g/mol. The molecule has 0 unspecified atom stereocenters. The summed E-state index contributed by atoms with van der Waals surface area (Å²) < 4.78 is 0. The van der Waals surface area contributed by atoms with Gasteiger partial charge in [0.1, 0.15) is 0 Å². The van der Waals surface area contributed by atoms with Crippen molar-refractivity contribution in [2.24, 2.45) is 0 Å². The Labute approximate surface area is 227 Å². The molecule has 0 saturated heterocycles. The van der Waals surface area contributed by atoms with Crippen molar-refractivity contribution in [2.75, 3.05) is 9.80 Å². The highest BCUT2D eigenvalue weighted by molar-refractivity contribution is 5.83. The molecule has 0 fully saturated rings. The maximum Gasteiger partial charge on any atom is 0.0490 e. The van der Waals surface area contributed by atoms with E-state index in [1.165, 1.54) is 44.8 Å². The van der Waals surface area contributed by atoms with Crippen LogP contribution in [-0.2, 0) is 0 Å². The van der Waals surface area contributed by atoms with Crippen molar-refractivity contribution >= 4 is 34.1 Å². The molecule has 38 heavy (non-hydrogen) atoms. The lowest BCUT2D eigenvalue weighted by atomic mass is 10.1. The van der Waals surface area contributed by atoms with Gasteiger partial charge in [-0.2, -0.15) is 0 Å². The van der Waals surface area contributed by atoms with E-state index >= 15 is 0 Å². The van der Waals surface area contributed by atoms with Crippen molar-refractivity contribution in [3.63, 3.8) is 0 Å². The number of benzene rings is 5. The summed E-state index contributed by atoms with van der Waals surface area (Å²) in [6, 6.07) is 39.8. The molecule has 5 aromatic carbocycles.